The number of aromatic nitrogens is 4. The molecule has 1 fully saturated rings. The number of benzene rings is 1. The molecule has 1 aliphatic carbocycles. The van der Waals surface area contributed by atoms with Gasteiger partial charge >= 0.3 is 0 Å². The fourth-order valence-corrected chi connectivity index (χ4v) is 5.57. The molecule has 3 aromatic rings. The van der Waals surface area contributed by atoms with Crippen LogP contribution < -0.4 is 10.2 Å². The Morgan fingerprint density at radius 3 is 2.70 bits per heavy atom. The van der Waals surface area contributed by atoms with Gasteiger partial charge in [0.25, 0.3) is 5.78 Å². The number of aryl methyl sites for hydroxylation is 1. The topological polar surface area (TPSA) is 61.6 Å². The molecule has 0 radical (unpaired) electrons. The molecule has 0 amide bonds. The second-order valence-electron chi connectivity index (χ2n) is 9.10. The van der Waals surface area contributed by atoms with E-state index in [0.29, 0.717) is 5.25 Å². The molecule has 0 unspecified atom stereocenters. The van der Waals surface area contributed by atoms with Gasteiger partial charge < -0.3 is 10.2 Å². The van der Waals surface area contributed by atoms with Gasteiger partial charge in [-0.1, -0.05) is 43.3 Å². The van der Waals surface area contributed by atoms with Gasteiger partial charge in [-0.2, -0.15) is 9.50 Å². The standard InChI is InChI=1S/C24H32ClN7S/c1-17(2)33-24-28-23-27-21-9-4-3-8-20(21)22(32(23)29-24)26-10-11-30-12-14-31(15-13-30)19-7-5-6-18(25)16-19/h5-7,16-17,26H,3-4,8-15H2,1-2H3. The van der Waals surface area contributed by atoms with E-state index in [1.807, 2.05) is 16.6 Å². The lowest BCUT2D eigenvalue weighted by Gasteiger charge is -2.36. The van der Waals surface area contributed by atoms with Crippen LogP contribution in [0, 0.1) is 0 Å². The molecule has 0 saturated carbocycles. The summed E-state index contributed by atoms with van der Waals surface area (Å²) in [6.45, 7) is 10.4. The molecule has 3 heterocycles. The number of hydrogen-bond acceptors (Lipinski definition) is 7. The number of anilines is 2. The maximum Gasteiger partial charge on any atom is 0.255 e. The van der Waals surface area contributed by atoms with Crippen molar-refractivity contribution in [1.29, 1.82) is 0 Å². The molecule has 33 heavy (non-hydrogen) atoms. The lowest BCUT2D eigenvalue weighted by Crippen LogP contribution is -2.47. The van der Waals surface area contributed by atoms with Crippen LogP contribution in [0.5, 0.6) is 0 Å². The molecule has 2 aliphatic rings. The third-order valence-corrected chi connectivity index (χ3v) is 7.44. The summed E-state index contributed by atoms with van der Waals surface area (Å²) in [4.78, 5) is 14.5. The third-order valence-electron chi connectivity index (χ3n) is 6.35. The maximum atomic E-state index is 6.17. The largest absolute Gasteiger partial charge is 0.369 e. The average molecular weight is 486 g/mol. The number of rotatable bonds is 7. The van der Waals surface area contributed by atoms with Gasteiger partial charge in [-0.25, -0.2) is 4.98 Å². The fourth-order valence-electron chi connectivity index (χ4n) is 4.70. The van der Waals surface area contributed by atoms with Gasteiger partial charge in [0.1, 0.15) is 5.82 Å². The first-order valence-electron chi connectivity index (χ1n) is 12.0. The van der Waals surface area contributed by atoms with Crippen molar-refractivity contribution in [3.05, 3.63) is 40.5 Å². The number of nitrogens with zero attached hydrogens (tertiary/aromatic N) is 6. The van der Waals surface area contributed by atoms with Gasteiger partial charge in [-0.3, -0.25) is 4.90 Å². The Morgan fingerprint density at radius 2 is 1.91 bits per heavy atom. The Morgan fingerprint density at radius 1 is 1.09 bits per heavy atom. The predicted molar refractivity (Wildman–Crippen MR) is 137 cm³/mol. The first-order chi connectivity index (χ1) is 16.1. The fraction of sp³-hybridized carbons (Fsp3) is 0.542. The molecule has 2 aromatic heterocycles. The van der Waals surface area contributed by atoms with Crippen LogP contribution in [0.25, 0.3) is 5.78 Å². The monoisotopic (exact) mass is 485 g/mol. The van der Waals surface area contributed by atoms with Crippen molar-refractivity contribution in [2.75, 3.05) is 49.5 Å². The van der Waals surface area contributed by atoms with Crippen LogP contribution in [0.15, 0.2) is 29.4 Å². The molecular weight excluding hydrogens is 454 g/mol. The zero-order chi connectivity index (χ0) is 22.8. The molecule has 5 rings (SSSR count). The van der Waals surface area contributed by atoms with Gasteiger partial charge in [-0.05, 0) is 43.9 Å². The van der Waals surface area contributed by atoms with Crippen molar-refractivity contribution < 1.29 is 0 Å². The van der Waals surface area contributed by atoms with E-state index in [1.165, 1.54) is 29.8 Å². The molecule has 0 atom stereocenters. The summed E-state index contributed by atoms with van der Waals surface area (Å²) in [5.41, 5.74) is 3.73. The molecule has 9 heteroatoms. The SMILES string of the molecule is CC(C)Sc1nc2nc3c(c(NCCN4CCN(c5cccc(Cl)c5)CC4)n2n1)CCCC3. The zero-order valence-electron chi connectivity index (χ0n) is 19.4. The molecule has 7 nitrogen and oxygen atoms in total. The van der Waals surface area contributed by atoms with Crippen LogP contribution in [-0.4, -0.2) is 69.0 Å². The van der Waals surface area contributed by atoms with Crippen molar-refractivity contribution in [3.63, 3.8) is 0 Å². The molecule has 176 valence electrons. The van der Waals surface area contributed by atoms with Crippen LogP contribution in [0.1, 0.15) is 37.9 Å². The predicted octanol–water partition coefficient (Wildman–Crippen LogP) is 4.39. The lowest BCUT2D eigenvalue weighted by atomic mass is 9.96. The highest BCUT2D eigenvalue weighted by Gasteiger charge is 2.22. The van der Waals surface area contributed by atoms with Crippen molar-refractivity contribution in [3.8, 4) is 0 Å². The van der Waals surface area contributed by atoms with Gasteiger partial charge in [0, 0.05) is 60.8 Å². The second-order valence-corrected chi connectivity index (χ2v) is 11.1. The quantitative estimate of drug-likeness (QED) is 0.498. The lowest BCUT2D eigenvalue weighted by molar-refractivity contribution is 0.267. The number of halogens is 1. The smallest absolute Gasteiger partial charge is 0.255 e. The second kappa shape index (κ2) is 10.1. The van der Waals surface area contributed by atoms with Crippen molar-refractivity contribution in [1.82, 2.24) is 24.5 Å². The van der Waals surface area contributed by atoms with Gasteiger partial charge in [-0.15, -0.1) is 5.10 Å². The van der Waals surface area contributed by atoms with Crippen LogP contribution in [-0.2, 0) is 12.8 Å². The summed E-state index contributed by atoms with van der Waals surface area (Å²) >= 11 is 7.86. The van der Waals surface area contributed by atoms with Gasteiger partial charge in [0.15, 0.2) is 0 Å². The highest BCUT2D eigenvalue weighted by molar-refractivity contribution is 7.99. The van der Waals surface area contributed by atoms with E-state index in [0.717, 1.165) is 73.9 Å². The van der Waals surface area contributed by atoms with E-state index in [2.05, 4.69) is 41.1 Å². The van der Waals surface area contributed by atoms with Crippen LogP contribution >= 0.6 is 23.4 Å². The van der Waals surface area contributed by atoms with E-state index in [-0.39, 0.29) is 0 Å². The van der Waals surface area contributed by atoms with Crippen LogP contribution in [0.4, 0.5) is 11.5 Å². The van der Waals surface area contributed by atoms with Gasteiger partial charge in [0.2, 0.25) is 5.16 Å². The Labute approximate surface area is 204 Å². The Hall–Kier alpha value is -2.03. The third kappa shape index (κ3) is 5.23. The number of piperazine rings is 1. The molecule has 1 saturated heterocycles. The molecule has 1 aliphatic heterocycles. The minimum Gasteiger partial charge on any atom is -0.369 e. The van der Waals surface area contributed by atoms with Gasteiger partial charge in [0.05, 0.1) is 5.69 Å². The number of fused-ring (bicyclic) bond motifs is 2. The molecule has 0 spiro atoms. The zero-order valence-corrected chi connectivity index (χ0v) is 21.0. The van der Waals surface area contributed by atoms with E-state index >= 15 is 0 Å². The molecule has 1 N–H and O–H groups in total. The van der Waals surface area contributed by atoms with E-state index in [9.17, 15) is 0 Å². The summed E-state index contributed by atoms with van der Waals surface area (Å²) < 4.78 is 1.94. The minimum atomic E-state index is 0.444. The normalized spacial score (nSPS) is 17.0. The van der Waals surface area contributed by atoms with E-state index in [4.69, 9.17) is 26.7 Å². The maximum absolute atomic E-state index is 6.17. The molecule has 1 aromatic carbocycles. The van der Waals surface area contributed by atoms with Crippen LogP contribution in [0.3, 0.4) is 0 Å². The first-order valence-corrected chi connectivity index (χ1v) is 13.2. The summed E-state index contributed by atoms with van der Waals surface area (Å²) in [6, 6.07) is 8.16. The molecule has 0 bridgehead atoms. The summed E-state index contributed by atoms with van der Waals surface area (Å²) in [6.07, 6.45) is 4.51. The Balaban J connectivity index is 1.24. The number of thioether (sulfide) groups is 1. The van der Waals surface area contributed by atoms with Crippen molar-refractivity contribution in [2.24, 2.45) is 0 Å². The summed E-state index contributed by atoms with van der Waals surface area (Å²) in [5.74, 6) is 1.81. The molecular formula is C24H32ClN7S. The van der Waals surface area contributed by atoms with E-state index < -0.39 is 0 Å². The Bertz CT molecular complexity index is 1110. The minimum absolute atomic E-state index is 0.444. The summed E-state index contributed by atoms with van der Waals surface area (Å²) in [7, 11) is 0. The summed E-state index contributed by atoms with van der Waals surface area (Å²) in [5, 5.41) is 10.6. The van der Waals surface area contributed by atoms with Crippen molar-refractivity contribution in [2.45, 2.75) is 49.9 Å². The van der Waals surface area contributed by atoms with Crippen molar-refractivity contribution >= 4 is 40.6 Å². The van der Waals surface area contributed by atoms with E-state index in [1.54, 1.807) is 11.8 Å². The average Bonchev–Trinajstić information content (AvgIpc) is 3.20. The number of nitrogens with one attached hydrogen (secondary N) is 1. The highest BCUT2D eigenvalue weighted by Crippen LogP contribution is 2.29. The highest BCUT2D eigenvalue weighted by atomic mass is 35.5. The van der Waals surface area contributed by atoms with Crippen LogP contribution in [0.2, 0.25) is 5.02 Å². The first kappa shape index (κ1) is 22.7. The number of hydrogen-bond donors (Lipinski definition) is 1. The Kier molecular flexibility index (Phi) is 6.94.